The Hall–Kier alpha value is -3.23. The molecule has 36 heavy (non-hydrogen) atoms. The zero-order valence-electron chi connectivity index (χ0n) is 18.3. The van der Waals surface area contributed by atoms with Crippen LogP contribution in [-0.2, 0) is 21.2 Å². The van der Waals surface area contributed by atoms with Crippen LogP contribution in [0.3, 0.4) is 0 Å². The number of carbonyl (C=O) groups is 1. The minimum atomic E-state index is -4.86. The summed E-state index contributed by atoms with van der Waals surface area (Å²) in [7, 11) is 0. The summed E-state index contributed by atoms with van der Waals surface area (Å²) in [4.78, 5) is 12.7. The van der Waals surface area contributed by atoms with Crippen LogP contribution in [0.2, 0.25) is 0 Å². The first-order valence-electron chi connectivity index (χ1n) is 10.8. The number of carbonyl (C=O) groups excluding carboxylic acids is 1. The second-order valence-electron chi connectivity index (χ2n) is 9.10. The maximum absolute atomic E-state index is 13.9. The molecule has 4 aliphatic rings. The number of amides is 1. The lowest BCUT2D eigenvalue weighted by atomic mass is 9.44. The first-order valence-corrected chi connectivity index (χ1v) is 10.8. The largest absolute Gasteiger partial charge is 0.522 e. The molecule has 2 bridgehead atoms. The molecule has 3 fully saturated rings. The second-order valence-corrected chi connectivity index (χ2v) is 9.10. The van der Waals surface area contributed by atoms with E-state index < -0.39 is 48.1 Å². The number of rotatable bonds is 7. The maximum Gasteiger partial charge on any atom is 0.522 e. The van der Waals surface area contributed by atoms with Crippen LogP contribution >= 0.6 is 0 Å². The summed E-state index contributed by atoms with van der Waals surface area (Å²) < 4.78 is 105. The standard InChI is InChI=1S/C21H19F7N4O4/c22-13-4-15-14(3-12(13)20(23,24)25)29-6-16(36-15)17(33)31-18-8-19(9-18,10-18)32-7-11(5-30-32)34-1-2-35-21(26,27)28/h3-5,7,16,29H,1-2,6,8-10H2,(H,31,33). The third-order valence-electron chi connectivity index (χ3n) is 6.47. The van der Waals surface area contributed by atoms with Crippen molar-refractivity contribution >= 4 is 11.6 Å². The number of ether oxygens (including phenoxy) is 3. The Balaban J connectivity index is 1.13. The molecule has 15 heteroatoms. The van der Waals surface area contributed by atoms with Gasteiger partial charge in [0.25, 0.3) is 5.91 Å². The molecule has 0 spiro atoms. The zero-order chi connectivity index (χ0) is 25.9. The number of hydrogen-bond donors (Lipinski definition) is 2. The van der Waals surface area contributed by atoms with Crippen LogP contribution in [-0.4, -0.2) is 53.5 Å². The molecule has 0 saturated heterocycles. The molecular formula is C21H19F7N4O4. The Morgan fingerprint density at radius 1 is 1.19 bits per heavy atom. The van der Waals surface area contributed by atoms with E-state index in [1.165, 1.54) is 6.20 Å². The van der Waals surface area contributed by atoms with Gasteiger partial charge in [0, 0.05) is 11.6 Å². The predicted octanol–water partition coefficient (Wildman–Crippen LogP) is 3.58. The van der Waals surface area contributed by atoms with Crippen LogP contribution in [0.4, 0.5) is 36.4 Å². The highest BCUT2D eigenvalue weighted by molar-refractivity contribution is 5.84. The van der Waals surface area contributed by atoms with E-state index in [-0.39, 0.29) is 35.9 Å². The monoisotopic (exact) mass is 524 g/mol. The van der Waals surface area contributed by atoms with Crippen molar-refractivity contribution in [1.82, 2.24) is 15.1 Å². The minimum Gasteiger partial charge on any atom is -0.488 e. The van der Waals surface area contributed by atoms with E-state index in [1.807, 2.05) is 0 Å². The molecule has 2 N–H and O–H groups in total. The fourth-order valence-corrected chi connectivity index (χ4v) is 4.96. The van der Waals surface area contributed by atoms with Gasteiger partial charge in [0.1, 0.15) is 18.2 Å². The van der Waals surface area contributed by atoms with Crippen molar-refractivity contribution in [2.75, 3.05) is 25.1 Å². The third kappa shape index (κ3) is 4.51. The number of anilines is 1. The molecule has 2 aromatic rings. The van der Waals surface area contributed by atoms with Crippen LogP contribution in [0.5, 0.6) is 11.5 Å². The van der Waals surface area contributed by atoms with Crippen molar-refractivity contribution in [2.24, 2.45) is 0 Å². The van der Waals surface area contributed by atoms with Gasteiger partial charge in [-0.1, -0.05) is 0 Å². The Morgan fingerprint density at radius 3 is 2.58 bits per heavy atom. The van der Waals surface area contributed by atoms with Crippen LogP contribution < -0.4 is 20.1 Å². The van der Waals surface area contributed by atoms with Crippen LogP contribution in [0, 0.1) is 5.82 Å². The molecule has 1 aromatic heterocycles. The van der Waals surface area contributed by atoms with Gasteiger partial charge in [0.2, 0.25) is 0 Å². The number of aromatic nitrogens is 2. The number of nitrogens with one attached hydrogen (secondary N) is 2. The number of alkyl halides is 6. The molecule has 1 amide bonds. The van der Waals surface area contributed by atoms with E-state index >= 15 is 0 Å². The van der Waals surface area contributed by atoms with Crippen LogP contribution in [0.1, 0.15) is 24.8 Å². The summed E-state index contributed by atoms with van der Waals surface area (Å²) in [5, 5.41) is 9.77. The molecule has 1 unspecified atom stereocenters. The van der Waals surface area contributed by atoms with Crippen LogP contribution in [0.15, 0.2) is 24.5 Å². The topological polar surface area (TPSA) is 86.6 Å². The first-order chi connectivity index (χ1) is 16.8. The lowest BCUT2D eigenvalue weighted by Gasteiger charge is -2.70. The smallest absolute Gasteiger partial charge is 0.488 e. The van der Waals surface area contributed by atoms with E-state index in [0.717, 1.165) is 0 Å². The summed E-state index contributed by atoms with van der Waals surface area (Å²) in [5.74, 6) is -1.90. The van der Waals surface area contributed by atoms with Gasteiger partial charge in [-0.25, -0.2) is 4.39 Å². The van der Waals surface area contributed by atoms with Crippen molar-refractivity contribution in [1.29, 1.82) is 0 Å². The fourth-order valence-electron chi connectivity index (χ4n) is 4.96. The minimum absolute atomic E-state index is 0.0566. The molecule has 1 atom stereocenters. The molecule has 8 nitrogen and oxygen atoms in total. The predicted molar refractivity (Wildman–Crippen MR) is 107 cm³/mol. The van der Waals surface area contributed by atoms with Crippen molar-refractivity contribution in [3.05, 3.63) is 35.9 Å². The van der Waals surface area contributed by atoms with Gasteiger partial charge in [-0.2, -0.15) is 18.3 Å². The summed E-state index contributed by atoms with van der Waals surface area (Å²) in [5.41, 5.74) is -2.34. The van der Waals surface area contributed by atoms with E-state index in [4.69, 9.17) is 9.47 Å². The number of nitrogens with zero attached hydrogens (tertiary/aromatic N) is 2. The molecule has 2 heterocycles. The Bertz CT molecular complexity index is 1160. The van der Waals surface area contributed by atoms with Gasteiger partial charge < -0.3 is 20.1 Å². The van der Waals surface area contributed by atoms with Crippen molar-refractivity contribution < 1.29 is 49.7 Å². The molecule has 3 saturated carbocycles. The second kappa shape index (κ2) is 8.15. The van der Waals surface area contributed by atoms with E-state index in [1.54, 1.807) is 10.9 Å². The lowest BCUT2D eigenvalue weighted by Crippen LogP contribution is -2.79. The van der Waals surface area contributed by atoms with Gasteiger partial charge in [-0.3, -0.25) is 14.2 Å². The van der Waals surface area contributed by atoms with Gasteiger partial charge in [0.15, 0.2) is 11.9 Å². The highest BCUT2D eigenvalue weighted by Crippen LogP contribution is 2.65. The summed E-state index contributed by atoms with van der Waals surface area (Å²) in [6, 6.07) is 1.21. The summed E-state index contributed by atoms with van der Waals surface area (Å²) >= 11 is 0. The molecule has 1 aromatic carbocycles. The maximum atomic E-state index is 13.9. The highest BCUT2D eigenvalue weighted by Gasteiger charge is 2.70. The Kier molecular flexibility index (Phi) is 5.53. The average molecular weight is 524 g/mol. The molecule has 196 valence electrons. The van der Waals surface area contributed by atoms with Crippen molar-refractivity contribution in [3.8, 4) is 11.5 Å². The van der Waals surface area contributed by atoms with Gasteiger partial charge >= 0.3 is 12.5 Å². The first kappa shape index (κ1) is 24.5. The summed E-state index contributed by atoms with van der Waals surface area (Å²) in [6.45, 7) is -1.06. The third-order valence-corrected chi connectivity index (χ3v) is 6.47. The molecule has 0 radical (unpaired) electrons. The number of fused-ring (bicyclic) bond motifs is 1. The molecular weight excluding hydrogens is 505 g/mol. The van der Waals surface area contributed by atoms with Crippen LogP contribution in [0.25, 0.3) is 0 Å². The van der Waals surface area contributed by atoms with Gasteiger partial charge in [-0.15, -0.1) is 13.2 Å². The van der Waals surface area contributed by atoms with E-state index in [0.29, 0.717) is 31.4 Å². The number of halogens is 7. The van der Waals surface area contributed by atoms with Gasteiger partial charge in [-0.05, 0) is 25.3 Å². The van der Waals surface area contributed by atoms with E-state index in [2.05, 4.69) is 20.5 Å². The normalized spacial score (nSPS) is 26.6. The average Bonchev–Trinajstić information content (AvgIpc) is 3.18. The van der Waals surface area contributed by atoms with Crippen molar-refractivity contribution in [3.63, 3.8) is 0 Å². The SMILES string of the molecule is O=C(NC12CC(n3cc(OCCOC(F)(F)F)cn3)(C1)C2)C1CNc2cc(C(F)(F)F)c(F)cc2O1. The number of benzene rings is 1. The van der Waals surface area contributed by atoms with Crippen molar-refractivity contribution in [2.45, 2.75) is 49.0 Å². The number of hydrogen-bond acceptors (Lipinski definition) is 6. The molecule has 1 aliphatic heterocycles. The Labute approximate surface area is 198 Å². The quantitative estimate of drug-likeness (QED) is 0.426. The Morgan fingerprint density at radius 2 is 1.92 bits per heavy atom. The molecule has 3 aliphatic carbocycles. The highest BCUT2D eigenvalue weighted by atomic mass is 19.4. The van der Waals surface area contributed by atoms with E-state index in [9.17, 15) is 35.5 Å². The van der Waals surface area contributed by atoms with Gasteiger partial charge in [0.05, 0.1) is 42.3 Å². The summed E-state index contributed by atoms with van der Waals surface area (Å²) in [6.07, 6.45) is -6.08. The lowest BCUT2D eigenvalue weighted by molar-refractivity contribution is -0.325. The molecule has 6 rings (SSSR count). The fraction of sp³-hybridized carbons (Fsp3) is 0.524. The zero-order valence-corrected chi connectivity index (χ0v) is 18.3.